The summed E-state index contributed by atoms with van der Waals surface area (Å²) in [6, 6.07) is 23.9. The molecule has 0 N–H and O–H groups in total. The number of hydrogen-bond donors (Lipinski definition) is 0. The van der Waals surface area contributed by atoms with Crippen LogP contribution in [0.2, 0.25) is 0 Å². The zero-order valence-corrected chi connectivity index (χ0v) is 21.6. The summed E-state index contributed by atoms with van der Waals surface area (Å²) in [7, 11) is -3.72. The first-order valence-corrected chi connectivity index (χ1v) is 13.8. The Bertz CT molecular complexity index is 1320. The Morgan fingerprint density at radius 2 is 1.47 bits per heavy atom. The Morgan fingerprint density at radius 3 is 2.14 bits per heavy atom. The van der Waals surface area contributed by atoms with Crippen LogP contribution in [0.15, 0.2) is 83.8 Å². The van der Waals surface area contributed by atoms with Crippen LogP contribution in [0.5, 0.6) is 0 Å². The summed E-state index contributed by atoms with van der Waals surface area (Å²) in [5, 5.41) is 0. The van der Waals surface area contributed by atoms with Gasteiger partial charge in [0, 0.05) is 44.1 Å². The second-order valence-electron chi connectivity index (χ2n) is 9.52. The van der Waals surface area contributed by atoms with Crippen molar-refractivity contribution in [3.8, 4) is 0 Å². The second-order valence-corrected chi connectivity index (χ2v) is 11.5. The lowest BCUT2D eigenvalue weighted by Crippen LogP contribution is -2.54. The maximum absolute atomic E-state index is 13.8. The van der Waals surface area contributed by atoms with Crippen LogP contribution in [0.1, 0.15) is 11.1 Å². The highest BCUT2D eigenvalue weighted by atomic mass is 32.2. The van der Waals surface area contributed by atoms with Gasteiger partial charge in [-0.1, -0.05) is 48.5 Å². The number of anilines is 2. The molecular formula is C28H32N4O3S. The van der Waals surface area contributed by atoms with Crippen LogP contribution in [-0.2, 0) is 14.8 Å². The monoisotopic (exact) mass is 504 g/mol. The van der Waals surface area contributed by atoms with Crippen LogP contribution in [0.3, 0.4) is 0 Å². The third-order valence-electron chi connectivity index (χ3n) is 7.11. The molecule has 3 aromatic carbocycles. The first-order valence-electron chi connectivity index (χ1n) is 12.3. The summed E-state index contributed by atoms with van der Waals surface area (Å²) < 4.78 is 28.2. The highest BCUT2D eigenvalue weighted by Crippen LogP contribution is 2.29. The number of hydrogen-bond acceptors (Lipinski definition) is 5. The molecule has 0 aromatic heterocycles. The quantitative estimate of drug-likeness (QED) is 0.532. The molecule has 2 fully saturated rings. The number of carbonyl (C=O) groups excluding carboxylic acids is 1. The Hall–Kier alpha value is -3.36. The molecule has 2 aliphatic rings. The van der Waals surface area contributed by atoms with Gasteiger partial charge < -0.3 is 14.7 Å². The number of para-hydroxylation sites is 1. The van der Waals surface area contributed by atoms with E-state index in [0.29, 0.717) is 13.1 Å². The molecule has 188 valence electrons. The van der Waals surface area contributed by atoms with E-state index in [4.69, 9.17) is 0 Å². The minimum Gasteiger partial charge on any atom is -0.368 e. The maximum Gasteiger partial charge on any atom is 0.246 e. The van der Waals surface area contributed by atoms with Crippen molar-refractivity contribution in [1.82, 2.24) is 9.21 Å². The van der Waals surface area contributed by atoms with Crippen LogP contribution >= 0.6 is 0 Å². The number of amides is 1. The lowest BCUT2D eigenvalue weighted by atomic mass is 10.1. The van der Waals surface area contributed by atoms with Crippen LogP contribution in [-0.4, -0.2) is 69.0 Å². The van der Waals surface area contributed by atoms with E-state index in [1.165, 1.54) is 21.1 Å². The average Bonchev–Trinajstić information content (AvgIpc) is 3.37. The molecule has 0 bridgehead atoms. The average molecular weight is 505 g/mol. The third-order valence-corrected chi connectivity index (χ3v) is 8.93. The fraction of sp³-hybridized carbons (Fsp3) is 0.321. The van der Waals surface area contributed by atoms with Crippen LogP contribution in [0, 0.1) is 13.8 Å². The van der Waals surface area contributed by atoms with E-state index in [0.717, 1.165) is 18.8 Å². The molecule has 2 aliphatic heterocycles. The van der Waals surface area contributed by atoms with Gasteiger partial charge in [0.05, 0.1) is 11.6 Å². The summed E-state index contributed by atoms with van der Waals surface area (Å²) >= 11 is 0. The number of benzene rings is 3. The van der Waals surface area contributed by atoms with Gasteiger partial charge >= 0.3 is 0 Å². The van der Waals surface area contributed by atoms with Crippen molar-refractivity contribution in [1.29, 1.82) is 0 Å². The zero-order valence-electron chi connectivity index (χ0n) is 20.7. The first-order chi connectivity index (χ1) is 17.3. The Balaban J connectivity index is 1.35. The molecule has 0 saturated carbocycles. The molecule has 1 amide bonds. The van der Waals surface area contributed by atoms with E-state index >= 15 is 0 Å². The van der Waals surface area contributed by atoms with Crippen molar-refractivity contribution in [2.45, 2.75) is 24.8 Å². The molecule has 8 heteroatoms. The predicted molar refractivity (Wildman–Crippen MR) is 143 cm³/mol. The van der Waals surface area contributed by atoms with E-state index in [1.807, 2.05) is 40.1 Å². The van der Waals surface area contributed by atoms with Crippen molar-refractivity contribution < 1.29 is 13.2 Å². The van der Waals surface area contributed by atoms with Crippen molar-refractivity contribution in [3.05, 3.63) is 90.0 Å². The van der Waals surface area contributed by atoms with Crippen LogP contribution < -0.4 is 9.80 Å². The van der Waals surface area contributed by atoms with Gasteiger partial charge in [-0.05, 0) is 55.3 Å². The van der Waals surface area contributed by atoms with Crippen LogP contribution in [0.25, 0.3) is 0 Å². The van der Waals surface area contributed by atoms with E-state index in [1.54, 1.807) is 30.3 Å². The molecule has 0 aliphatic carbocycles. The lowest BCUT2D eigenvalue weighted by molar-refractivity contribution is -0.132. The molecule has 1 unspecified atom stereocenters. The molecule has 2 heterocycles. The number of piperazine rings is 1. The molecule has 36 heavy (non-hydrogen) atoms. The van der Waals surface area contributed by atoms with E-state index in [-0.39, 0.29) is 24.0 Å². The zero-order chi connectivity index (χ0) is 25.3. The number of nitrogens with zero attached hydrogens (tertiary/aromatic N) is 4. The van der Waals surface area contributed by atoms with Crippen molar-refractivity contribution >= 4 is 27.3 Å². The summed E-state index contributed by atoms with van der Waals surface area (Å²) in [6.45, 7) is 7.19. The van der Waals surface area contributed by atoms with Crippen molar-refractivity contribution in [2.75, 3.05) is 49.2 Å². The minimum atomic E-state index is -3.72. The van der Waals surface area contributed by atoms with Crippen molar-refractivity contribution in [3.63, 3.8) is 0 Å². The number of sulfonamides is 1. The lowest BCUT2D eigenvalue weighted by Gasteiger charge is -2.39. The topological polar surface area (TPSA) is 64.2 Å². The van der Waals surface area contributed by atoms with Gasteiger partial charge in [0.2, 0.25) is 15.9 Å². The highest BCUT2D eigenvalue weighted by molar-refractivity contribution is 7.89. The molecule has 0 radical (unpaired) electrons. The van der Waals surface area contributed by atoms with E-state index < -0.39 is 16.1 Å². The predicted octanol–water partition coefficient (Wildman–Crippen LogP) is 3.49. The van der Waals surface area contributed by atoms with Gasteiger partial charge in [0.25, 0.3) is 0 Å². The highest BCUT2D eigenvalue weighted by Gasteiger charge is 2.43. The van der Waals surface area contributed by atoms with Gasteiger partial charge in [0.1, 0.15) is 6.04 Å². The standard InChI is InChI=1S/C28H32N4O3S/c1-22-13-14-23(2)26(19-22)29-15-17-30(18-16-29)28(33)27-20-31(21-32(27)24-9-5-3-6-10-24)36(34,35)25-11-7-4-8-12-25/h3-14,19,27H,15-18,20-21H2,1-2H3. The van der Waals surface area contributed by atoms with E-state index in [9.17, 15) is 13.2 Å². The third kappa shape index (κ3) is 4.70. The minimum absolute atomic E-state index is 0.0229. The molecule has 7 nitrogen and oxygen atoms in total. The second kappa shape index (κ2) is 9.95. The molecule has 2 saturated heterocycles. The summed E-state index contributed by atoms with van der Waals surface area (Å²) in [4.78, 5) is 20.2. The Labute approximate surface area is 213 Å². The van der Waals surface area contributed by atoms with Gasteiger partial charge in [-0.15, -0.1) is 0 Å². The molecule has 3 aromatic rings. The Morgan fingerprint density at radius 1 is 0.833 bits per heavy atom. The molecule has 0 spiro atoms. The van der Waals surface area contributed by atoms with E-state index in [2.05, 4.69) is 36.9 Å². The Kier molecular flexibility index (Phi) is 6.73. The first kappa shape index (κ1) is 24.3. The number of aryl methyl sites for hydroxylation is 2. The fourth-order valence-corrected chi connectivity index (χ4v) is 6.48. The largest absolute Gasteiger partial charge is 0.368 e. The van der Waals surface area contributed by atoms with Crippen molar-refractivity contribution in [2.24, 2.45) is 0 Å². The molecular weight excluding hydrogens is 472 g/mol. The fourth-order valence-electron chi connectivity index (χ4n) is 5.06. The van der Waals surface area contributed by atoms with Gasteiger partial charge in [-0.3, -0.25) is 4.79 Å². The number of rotatable bonds is 5. The summed E-state index contributed by atoms with van der Waals surface area (Å²) in [5.41, 5.74) is 4.51. The van der Waals surface area contributed by atoms with Crippen LogP contribution in [0.4, 0.5) is 11.4 Å². The summed E-state index contributed by atoms with van der Waals surface area (Å²) in [5.74, 6) is -0.0229. The van der Waals surface area contributed by atoms with Gasteiger partial charge in [0.15, 0.2) is 0 Å². The van der Waals surface area contributed by atoms with Gasteiger partial charge in [-0.25, -0.2) is 8.42 Å². The maximum atomic E-state index is 13.8. The SMILES string of the molecule is Cc1ccc(C)c(N2CCN(C(=O)C3CN(S(=O)(=O)c4ccccc4)CN3c3ccccc3)CC2)c1. The molecule has 5 rings (SSSR count). The normalized spacial score (nSPS) is 19.1. The number of carbonyl (C=O) groups is 1. The summed E-state index contributed by atoms with van der Waals surface area (Å²) in [6.07, 6.45) is 0. The molecule has 1 atom stereocenters. The van der Waals surface area contributed by atoms with Gasteiger partial charge in [-0.2, -0.15) is 4.31 Å². The smallest absolute Gasteiger partial charge is 0.246 e.